The fraction of sp³-hybridized carbons (Fsp3) is 0.261. The highest BCUT2D eigenvalue weighted by molar-refractivity contribution is 6.01. The SMILES string of the molecule is CCCCCc1ccc(NC(=O)Cn2cnc3c(oc4ccccc43)c2=O)cc1. The molecule has 148 valence electrons. The minimum Gasteiger partial charge on any atom is -0.448 e. The van der Waals surface area contributed by atoms with E-state index in [0.29, 0.717) is 16.8 Å². The summed E-state index contributed by atoms with van der Waals surface area (Å²) in [5.41, 5.74) is 2.88. The number of benzene rings is 2. The predicted octanol–water partition coefficient (Wildman–Crippen LogP) is 4.51. The number of anilines is 1. The Hall–Kier alpha value is -3.41. The smallest absolute Gasteiger partial charge is 0.297 e. The Morgan fingerprint density at radius 2 is 1.90 bits per heavy atom. The Morgan fingerprint density at radius 3 is 2.69 bits per heavy atom. The van der Waals surface area contributed by atoms with Crippen LogP contribution in [0.1, 0.15) is 31.7 Å². The van der Waals surface area contributed by atoms with E-state index in [1.165, 1.54) is 35.7 Å². The number of hydrogen-bond donors (Lipinski definition) is 1. The zero-order valence-electron chi connectivity index (χ0n) is 16.4. The average molecular weight is 389 g/mol. The first-order valence-corrected chi connectivity index (χ1v) is 9.91. The van der Waals surface area contributed by atoms with Crippen LogP contribution >= 0.6 is 0 Å². The summed E-state index contributed by atoms with van der Waals surface area (Å²) in [7, 11) is 0. The Bertz CT molecular complexity index is 1210. The van der Waals surface area contributed by atoms with Gasteiger partial charge in [-0.15, -0.1) is 0 Å². The van der Waals surface area contributed by atoms with Crippen molar-refractivity contribution >= 4 is 33.7 Å². The highest BCUT2D eigenvalue weighted by Crippen LogP contribution is 2.24. The number of hydrogen-bond acceptors (Lipinski definition) is 4. The fourth-order valence-electron chi connectivity index (χ4n) is 3.42. The fourth-order valence-corrected chi connectivity index (χ4v) is 3.42. The number of para-hydroxylation sites is 1. The first-order chi connectivity index (χ1) is 14.2. The molecule has 0 saturated heterocycles. The predicted molar refractivity (Wildman–Crippen MR) is 114 cm³/mol. The number of aromatic nitrogens is 2. The zero-order chi connectivity index (χ0) is 20.2. The number of nitrogens with zero attached hydrogens (tertiary/aromatic N) is 2. The molecule has 2 aromatic heterocycles. The van der Waals surface area contributed by atoms with Gasteiger partial charge in [-0.1, -0.05) is 44.0 Å². The normalized spacial score (nSPS) is 11.2. The van der Waals surface area contributed by atoms with Crippen LogP contribution in [0, 0.1) is 0 Å². The highest BCUT2D eigenvalue weighted by Gasteiger charge is 2.14. The minimum absolute atomic E-state index is 0.128. The van der Waals surface area contributed by atoms with E-state index in [2.05, 4.69) is 17.2 Å². The van der Waals surface area contributed by atoms with Crippen LogP contribution in [0.2, 0.25) is 0 Å². The molecule has 0 fully saturated rings. The molecule has 0 saturated carbocycles. The molecular weight excluding hydrogens is 366 g/mol. The number of amides is 1. The summed E-state index contributed by atoms with van der Waals surface area (Å²) in [6.45, 7) is 2.06. The molecule has 0 aliphatic heterocycles. The summed E-state index contributed by atoms with van der Waals surface area (Å²) in [6.07, 6.45) is 6.02. The van der Waals surface area contributed by atoms with Crippen molar-refractivity contribution in [3.8, 4) is 0 Å². The Morgan fingerprint density at radius 1 is 1.10 bits per heavy atom. The van der Waals surface area contributed by atoms with Crippen molar-refractivity contribution in [1.82, 2.24) is 9.55 Å². The van der Waals surface area contributed by atoms with Crippen LogP contribution < -0.4 is 10.9 Å². The lowest BCUT2D eigenvalue weighted by molar-refractivity contribution is -0.116. The van der Waals surface area contributed by atoms with Crippen LogP contribution in [0.5, 0.6) is 0 Å². The van der Waals surface area contributed by atoms with Crippen molar-refractivity contribution in [3.05, 3.63) is 70.8 Å². The van der Waals surface area contributed by atoms with E-state index < -0.39 is 0 Å². The molecule has 1 N–H and O–H groups in total. The lowest BCUT2D eigenvalue weighted by atomic mass is 10.1. The van der Waals surface area contributed by atoms with Gasteiger partial charge in [-0.25, -0.2) is 4.98 Å². The third kappa shape index (κ3) is 4.06. The number of aryl methyl sites for hydroxylation is 1. The van der Waals surface area contributed by atoms with Crippen molar-refractivity contribution < 1.29 is 9.21 Å². The molecule has 1 amide bonds. The standard InChI is InChI=1S/C23H23N3O3/c1-2-3-4-7-16-10-12-17(13-11-16)25-20(27)14-26-15-24-21-18-8-5-6-9-19(18)29-22(21)23(26)28/h5-6,8-13,15H,2-4,7,14H2,1H3,(H,25,27). The van der Waals surface area contributed by atoms with Crippen LogP contribution in [-0.2, 0) is 17.8 Å². The average Bonchev–Trinajstić information content (AvgIpc) is 3.11. The first-order valence-electron chi connectivity index (χ1n) is 9.91. The van der Waals surface area contributed by atoms with Crippen molar-refractivity contribution in [1.29, 1.82) is 0 Å². The van der Waals surface area contributed by atoms with Crippen LogP contribution in [0.15, 0.2) is 64.1 Å². The van der Waals surface area contributed by atoms with E-state index in [4.69, 9.17) is 4.42 Å². The number of fused-ring (bicyclic) bond motifs is 3. The second-order valence-electron chi connectivity index (χ2n) is 7.16. The third-order valence-electron chi connectivity index (χ3n) is 4.97. The second-order valence-corrected chi connectivity index (χ2v) is 7.16. The van der Waals surface area contributed by atoms with Gasteiger partial charge in [-0.3, -0.25) is 14.2 Å². The van der Waals surface area contributed by atoms with E-state index in [9.17, 15) is 9.59 Å². The Labute approximate surface area is 168 Å². The molecule has 0 aliphatic carbocycles. The monoisotopic (exact) mass is 389 g/mol. The quantitative estimate of drug-likeness (QED) is 0.472. The summed E-state index contributed by atoms with van der Waals surface area (Å²) < 4.78 is 6.91. The van der Waals surface area contributed by atoms with Crippen LogP contribution in [0.25, 0.3) is 22.1 Å². The topological polar surface area (TPSA) is 77.1 Å². The molecule has 4 aromatic rings. The van der Waals surface area contributed by atoms with Crippen molar-refractivity contribution in [2.45, 2.75) is 39.2 Å². The molecule has 29 heavy (non-hydrogen) atoms. The van der Waals surface area contributed by atoms with E-state index in [0.717, 1.165) is 11.8 Å². The maximum atomic E-state index is 12.7. The maximum Gasteiger partial charge on any atom is 0.297 e. The Balaban J connectivity index is 1.47. The molecule has 2 aromatic carbocycles. The molecule has 4 rings (SSSR count). The van der Waals surface area contributed by atoms with Crippen molar-refractivity contribution in [3.63, 3.8) is 0 Å². The van der Waals surface area contributed by atoms with Gasteiger partial charge >= 0.3 is 0 Å². The first kappa shape index (κ1) is 18.9. The van der Waals surface area contributed by atoms with Crippen LogP contribution in [0.4, 0.5) is 5.69 Å². The van der Waals surface area contributed by atoms with Gasteiger partial charge in [-0.2, -0.15) is 0 Å². The Kier molecular flexibility index (Phi) is 5.42. The number of unbranched alkanes of at least 4 members (excludes halogenated alkanes) is 2. The van der Waals surface area contributed by atoms with Gasteiger partial charge in [0.2, 0.25) is 11.5 Å². The molecule has 0 radical (unpaired) electrons. The molecule has 2 heterocycles. The van der Waals surface area contributed by atoms with Gasteiger partial charge in [0, 0.05) is 11.1 Å². The number of rotatable bonds is 7. The van der Waals surface area contributed by atoms with Gasteiger partial charge in [0.25, 0.3) is 5.56 Å². The van der Waals surface area contributed by atoms with Gasteiger partial charge < -0.3 is 9.73 Å². The summed E-state index contributed by atoms with van der Waals surface area (Å²) >= 11 is 0. The number of furan rings is 1. The minimum atomic E-state index is -0.368. The molecule has 6 heteroatoms. The molecular formula is C23H23N3O3. The highest BCUT2D eigenvalue weighted by atomic mass is 16.3. The lowest BCUT2D eigenvalue weighted by Crippen LogP contribution is -2.27. The lowest BCUT2D eigenvalue weighted by Gasteiger charge is -2.08. The van der Waals surface area contributed by atoms with Gasteiger partial charge in [0.15, 0.2) is 0 Å². The van der Waals surface area contributed by atoms with Crippen molar-refractivity contribution in [2.75, 3.05) is 5.32 Å². The van der Waals surface area contributed by atoms with E-state index >= 15 is 0 Å². The molecule has 0 bridgehead atoms. The van der Waals surface area contributed by atoms with Gasteiger partial charge in [0.05, 0.1) is 6.33 Å². The van der Waals surface area contributed by atoms with Crippen LogP contribution in [-0.4, -0.2) is 15.5 Å². The summed E-state index contributed by atoms with van der Waals surface area (Å²) in [6, 6.07) is 15.2. The number of carbonyl (C=O) groups excluding carboxylic acids is 1. The zero-order valence-corrected chi connectivity index (χ0v) is 16.4. The van der Waals surface area contributed by atoms with E-state index in [1.807, 2.05) is 42.5 Å². The van der Waals surface area contributed by atoms with Crippen LogP contribution in [0.3, 0.4) is 0 Å². The van der Waals surface area contributed by atoms with E-state index in [-0.39, 0.29) is 23.6 Å². The molecule has 0 spiro atoms. The molecule has 6 nitrogen and oxygen atoms in total. The summed E-state index contributed by atoms with van der Waals surface area (Å²) in [4.78, 5) is 29.4. The number of nitrogens with one attached hydrogen (secondary N) is 1. The van der Waals surface area contributed by atoms with E-state index in [1.54, 1.807) is 6.07 Å². The maximum absolute atomic E-state index is 12.7. The van der Waals surface area contributed by atoms with Gasteiger partial charge in [-0.05, 0) is 42.7 Å². The van der Waals surface area contributed by atoms with Gasteiger partial charge in [0.1, 0.15) is 17.6 Å². The molecule has 0 atom stereocenters. The second kappa shape index (κ2) is 8.31. The summed E-state index contributed by atoms with van der Waals surface area (Å²) in [5.74, 6) is -0.289. The third-order valence-corrected chi connectivity index (χ3v) is 4.97. The largest absolute Gasteiger partial charge is 0.448 e. The number of carbonyl (C=O) groups is 1. The van der Waals surface area contributed by atoms with Crippen molar-refractivity contribution in [2.24, 2.45) is 0 Å². The molecule has 0 unspecified atom stereocenters. The molecule has 0 aliphatic rings. The summed E-state index contributed by atoms with van der Waals surface area (Å²) in [5, 5.41) is 3.62.